The molecule has 0 atom stereocenters. The maximum absolute atomic E-state index is 11.1. The Morgan fingerprint density at radius 3 is 2.75 bits per heavy atom. The Bertz CT molecular complexity index is 504. The van der Waals surface area contributed by atoms with Crippen LogP contribution >= 0.6 is 0 Å². The summed E-state index contributed by atoms with van der Waals surface area (Å²) in [5.41, 5.74) is 7.12. The first-order valence-electron chi connectivity index (χ1n) is 5.48. The van der Waals surface area contributed by atoms with Crippen molar-refractivity contribution in [2.24, 2.45) is 5.73 Å². The number of nitrogens with two attached hydrogens (primary N) is 1. The molecule has 3 rings (SSSR count). The maximum atomic E-state index is 11.1. The summed E-state index contributed by atoms with van der Waals surface area (Å²) in [5, 5.41) is 4.21. The lowest BCUT2D eigenvalue weighted by molar-refractivity contribution is 0.473. The Labute approximate surface area is 94.5 Å². The van der Waals surface area contributed by atoms with Crippen LogP contribution in [-0.4, -0.2) is 35.2 Å². The summed E-state index contributed by atoms with van der Waals surface area (Å²) in [6.45, 7) is 0. The van der Waals surface area contributed by atoms with Crippen molar-refractivity contribution in [3.63, 3.8) is 0 Å². The fraction of sp³-hybridized carbons (Fsp3) is 0.700. The normalized spacial score (nSPS) is 26.3. The van der Waals surface area contributed by atoms with Crippen molar-refractivity contribution in [2.75, 3.05) is 11.5 Å². The fourth-order valence-electron chi connectivity index (χ4n) is 2.10. The Balaban J connectivity index is 1.69. The van der Waals surface area contributed by atoms with Crippen LogP contribution in [0.15, 0.2) is 12.4 Å². The van der Waals surface area contributed by atoms with Crippen LogP contribution in [-0.2, 0) is 16.3 Å². The average molecular weight is 241 g/mol. The highest BCUT2D eigenvalue weighted by atomic mass is 32.2. The highest BCUT2D eigenvalue weighted by Crippen LogP contribution is 2.35. The first-order valence-corrected chi connectivity index (χ1v) is 7.30. The molecule has 88 valence electrons. The number of sulfone groups is 1. The molecule has 0 bridgehead atoms. The van der Waals surface area contributed by atoms with Gasteiger partial charge in [0.25, 0.3) is 0 Å². The lowest BCUT2D eigenvalue weighted by atomic mass is 10.1. The van der Waals surface area contributed by atoms with Crippen LogP contribution in [0.25, 0.3) is 0 Å². The van der Waals surface area contributed by atoms with Gasteiger partial charge in [0.15, 0.2) is 9.84 Å². The van der Waals surface area contributed by atoms with Crippen molar-refractivity contribution in [1.82, 2.24) is 9.78 Å². The minimum atomic E-state index is -2.78. The molecule has 0 spiro atoms. The van der Waals surface area contributed by atoms with Gasteiger partial charge >= 0.3 is 0 Å². The van der Waals surface area contributed by atoms with E-state index in [2.05, 4.69) is 5.10 Å². The molecule has 5 nitrogen and oxygen atoms in total. The van der Waals surface area contributed by atoms with Crippen molar-refractivity contribution < 1.29 is 8.42 Å². The van der Waals surface area contributed by atoms with Gasteiger partial charge in [-0.2, -0.15) is 5.10 Å². The molecule has 16 heavy (non-hydrogen) atoms. The third-order valence-electron chi connectivity index (χ3n) is 3.37. The molecule has 0 aromatic carbocycles. The molecule has 1 aliphatic heterocycles. The summed E-state index contributed by atoms with van der Waals surface area (Å²) in [7, 11) is -2.78. The number of nitrogens with zero attached hydrogens (tertiary/aromatic N) is 2. The zero-order chi connectivity index (χ0) is 11.4. The minimum Gasteiger partial charge on any atom is -0.325 e. The van der Waals surface area contributed by atoms with Crippen LogP contribution in [0.4, 0.5) is 0 Å². The topological polar surface area (TPSA) is 78.0 Å². The summed E-state index contributed by atoms with van der Waals surface area (Å²) >= 11 is 0. The van der Waals surface area contributed by atoms with E-state index in [-0.39, 0.29) is 23.1 Å². The van der Waals surface area contributed by atoms with E-state index in [9.17, 15) is 8.42 Å². The van der Waals surface area contributed by atoms with E-state index < -0.39 is 9.84 Å². The molecule has 0 amide bonds. The van der Waals surface area contributed by atoms with Gasteiger partial charge in [-0.05, 0) is 24.8 Å². The molecule has 0 unspecified atom stereocenters. The fourth-order valence-corrected chi connectivity index (χ4v) is 3.48. The van der Waals surface area contributed by atoms with Crippen molar-refractivity contribution in [3.8, 4) is 0 Å². The third kappa shape index (κ3) is 1.87. The second kappa shape index (κ2) is 3.07. The summed E-state index contributed by atoms with van der Waals surface area (Å²) in [4.78, 5) is 0. The first-order chi connectivity index (χ1) is 7.46. The predicted molar refractivity (Wildman–Crippen MR) is 59.8 cm³/mol. The molecule has 1 aromatic rings. The van der Waals surface area contributed by atoms with Gasteiger partial charge in [0, 0.05) is 11.7 Å². The quantitative estimate of drug-likeness (QED) is 0.800. The third-order valence-corrected chi connectivity index (χ3v) is 5.16. The van der Waals surface area contributed by atoms with Crippen molar-refractivity contribution in [2.45, 2.75) is 30.8 Å². The lowest BCUT2D eigenvalue weighted by Gasteiger charge is -2.25. The van der Waals surface area contributed by atoms with E-state index in [0.717, 1.165) is 24.8 Å². The molecule has 2 N–H and O–H groups in total. The standard InChI is InChI=1S/C10H15N3O2S/c11-10(1-2-10)3-8-4-12-13(5-8)9-6-16(14,15)7-9/h4-5,9H,1-3,6-7,11H2. The monoisotopic (exact) mass is 241 g/mol. The van der Waals surface area contributed by atoms with Gasteiger partial charge in [-0.15, -0.1) is 0 Å². The summed E-state index contributed by atoms with van der Waals surface area (Å²) < 4.78 is 23.9. The van der Waals surface area contributed by atoms with Crippen LogP contribution in [0.3, 0.4) is 0 Å². The highest BCUT2D eigenvalue weighted by Gasteiger charge is 2.39. The zero-order valence-electron chi connectivity index (χ0n) is 8.96. The van der Waals surface area contributed by atoms with Gasteiger partial charge in [-0.3, -0.25) is 4.68 Å². The lowest BCUT2D eigenvalue weighted by Crippen LogP contribution is -2.38. The zero-order valence-corrected chi connectivity index (χ0v) is 9.78. The minimum absolute atomic E-state index is 0.0143. The predicted octanol–water partition coefficient (Wildman–Crippen LogP) is -0.114. The second-order valence-corrected chi connectivity index (χ2v) is 7.25. The van der Waals surface area contributed by atoms with Crippen LogP contribution in [0.1, 0.15) is 24.4 Å². The molecular formula is C10H15N3O2S. The molecular weight excluding hydrogens is 226 g/mol. The number of hydrogen-bond acceptors (Lipinski definition) is 4. The highest BCUT2D eigenvalue weighted by molar-refractivity contribution is 7.92. The molecule has 1 saturated heterocycles. The van der Waals surface area contributed by atoms with Gasteiger partial charge in [0.2, 0.25) is 0 Å². The van der Waals surface area contributed by atoms with Gasteiger partial charge in [0.05, 0.1) is 23.7 Å². The van der Waals surface area contributed by atoms with Crippen molar-refractivity contribution in [3.05, 3.63) is 18.0 Å². The van der Waals surface area contributed by atoms with E-state index >= 15 is 0 Å². The van der Waals surface area contributed by atoms with Gasteiger partial charge in [-0.1, -0.05) is 0 Å². The van der Waals surface area contributed by atoms with E-state index in [0.29, 0.717) is 0 Å². The molecule has 0 radical (unpaired) electrons. The maximum Gasteiger partial charge on any atom is 0.154 e. The summed E-state index contributed by atoms with van der Waals surface area (Å²) in [5.74, 6) is 0.448. The van der Waals surface area contributed by atoms with Crippen molar-refractivity contribution in [1.29, 1.82) is 0 Å². The van der Waals surface area contributed by atoms with Gasteiger partial charge in [-0.25, -0.2) is 8.42 Å². The van der Waals surface area contributed by atoms with Crippen LogP contribution in [0, 0.1) is 0 Å². The largest absolute Gasteiger partial charge is 0.325 e. The van der Waals surface area contributed by atoms with Gasteiger partial charge in [0.1, 0.15) is 0 Å². The van der Waals surface area contributed by atoms with E-state index in [1.165, 1.54) is 0 Å². The molecule has 1 saturated carbocycles. The molecule has 6 heteroatoms. The van der Waals surface area contributed by atoms with Crippen LogP contribution in [0.5, 0.6) is 0 Å². The van der Waals surface area contributed by atoms with Crippen LogP contribution < -0.4 is 5.73 Å². The molecule has 2 heterocycles. The Morgan fingerprint density at radius 1 is 1.50 bits per heavy atom. The van der Waals surface area contributed by atoms with E-state index in [4.69, 9.17) is 5.73 Å². The number of aromatic nitrogens is 2. The Hall–Kier alpha value is -0.880. The summed E-state index contributed by atoms with van der Waals surface area (Å²) in [6, 6.07) is 0.0340. The molecule has 2 aliphatic rings. The summed E-state index contributed by atoms with van der Waals surface area (Å²) in [6.07, 6.45) is 6.75. The Morgan fingerprint density at radius 2 is 2.19 bits per heavy atom. The Kier molecular flexibility index (Phi) is 1.98. The molecule has 1 aromatic heterocycles. The number of hydrogen-bond donors (Lipinski definition) is 1. The molecule has 1 aliphatic carbocycles. The molecule has 2 fully saturated rings. The van der Waals surface area contributed by atoms with E-state index in [1.54, 1.807) is 10.9 Å². The van der Waals surface area contributed by atoms with E-state index in [1.807, 2.05) is 6.20 Å². The average Bonchev–Trinajstić information content (AvgIpc) is 2.71. The van der Waals surface area contributed by atoms with Crippen molar-refractivity contribution >= 4 is 9.84 Å². The van der Waals surface area contributed by atoms with Crippen LogP contribution in [0.2, 0.25) is 0 Å². The first kappa shape index (κ1) is 10.3. The second-order valence-electron chi connectivity index (χ2n) is 5.10. The smallest absolute Gasteiger partial charge is 0.154 e. The van der Waals surface area contributed by atoms with Gasteiger partial charge < -0.3 is 5.73 Å². The number of rotatable bonds is 3. The SMILES string of the molecule is NC1(Cc2cnn(C3CS(=O)(=O)C3)c2)CC1.